The summed E-state index contributed by atoms with van der Waals surface area (Å²) < 4.78 is 25.6. The van der Waals surface area contributed by atoms with Gasteiger partial charge in [-0.05, 0) is 12.3 Å². The molecule has 0 aliphatic heterocycles. The number of halogens is 1. The van der Waals surface area contributed by atoms with Crippen LogP contribution in [0.25, 0.3) is 0 Å². The molecule has 0 bridgehead atoms. The van der Waals surface area contributed by atoms with Crippen molar-refractivity contribution in [1.82, 2.24) is 9.97 Å². The summed E-state index contributed by atoms with van der Waals surface area (Å²) in [5.41, 5.74) is 0. The molecule has 90 valence electrons. The number of aromatic nitrogens is 2. The van der Waals surface area contributed by atoms with E-state index < -0.39 is 10.0 Å². The molecule has 0 amide bonds. The fourth-order valence-corrected chi connectivity index (χ4v) is 2.45. The predicted octanol–water partition coefficient (Wildman–Crippen LogP) is 1.92. The molecule has 16 heavy (non-hydrogen) atoms. The molecule has 0 fully saturated rings. The van der Waals surface area contributed by atoms with Crippen molar-refractivity contribution in [1.29, 1.82) is 0 Å². The topological polar surface area (TPSA) is 72.0 Å². The van der Waals surface area contributed by atoms with Crippen molar-refractivity contribution >= 4 is 27.4 Å². The molecule has 0 aliphatic rings. The fourth-order valence-electron chi connectivity index (χ4n) is 0.991. The van der Waals surface area contributed by atoms with Crippen LogP contribution in [0.4, 0.5) is 5.82 Å². The van der Waals surface area contributed by atoms with Crippen LogP contribution in [0.15, 0.2) is 12.4 Å². The van der Waals surface area contributed by atoms with E-state index in [2.05, 4.69) is 14.7 Å². The number of nitrogens with one attached hydrogen (secondary N) is 1. The minimum Gasteiger partial charge on any atom is -0.267 e. The monoisotopic (exact) mass is 263 g/mol. The van der Waals surface area contributed by atoms with Crippen molar-refractivity contribution in [2.24, 2.45) is 5.92 Å². The Bertz CT molecular complexity index is 448. The third-order valence-corrected chi connectivity index (χ3v) is 3.36. The molecule has 0 aliphatic carbocycles. The molecule has 0 aromatic carbocycles. The molecular formula is C9H14ClN3O2S. The van der Waals surface area contributed by atoms with Crippen molar-refractivity contribution in [2.45, 2.75) is 20.3 Å². The number of rotatable bonds is 5. The van der Waals surface area contributed by atoms with Gasteiger partial charge in [-0.1, -0.05) is 25.4 Å². The minimum atomic E-state index is -3.35. The second-order valence-corrected chi connectivity index (χ2v) is 6.06. The van der Waals surface area contributed by atoms with Crippen molar-refractivity contribution in [3.63, 3.8) is 0 Å². The van der Waals surface area contributed by atoms with Gasteiger partial charge in [0.15, 0.2) is 0 Å². The molecule has 7 heteroatoms. The lowest BCUT2D eigenvalue weighted by Gasteiger charge is -2.08. The van der Waals surface area contributed by atoms with E-state index in [0.717, 1.165) is 0 Å². The van der Waals surface area contributed by atoms with Gasteiger partial charge >= 0.3 is 0 Å². The van der Waals surface area contributed by atoms with Crippen molar-refractivity contribution < 1.29 is 8.42 Å². The van der Waals surface area contributed by atoms with Crippen LogP contribution in [0.5, 0.6) is 0 Å². The van der Waals surface area contributed by atoms with E-state index in [4.69, 9.17) is 11.6 Å². The first-order valence-corrected chi connectivity index (χ1v) is 6.90. The first kappa shape index (κ1) is 13.2. The average molecular weight is 264 g/mol. The summed E-state index contributed by atoms with van der Waals surface area (Å²) in [6.07, 6.45) is 1.82. The van der Waals surface area contributed by atoms with Gasteiger partial charge in [0, 0.05) is 6.07 Å². The molecule has 0 unspecified atom stereocenters. The highest BCUT2D eigenvalue weighted by Crippen LogP contribution is 2.11. The molecule has 1 aromatic heterocycles. The lowest BCUT2D eigenvalue weighted by Crippen LogP contribution is -2.18. The van der Waals surface area contributed by atoms with Crippen LogP contribution in [-0.4, -0.2) is 24.1 Å². The molecule has 1 N–H and O–H groups in total. The van der Waals surface area contributed by atoms with Crippen LogP contribution in [-0.2, 0) is 10.0 Å². The first-order valence-electron chi connectivity index (χ1n) is 4.87. The van der Waals surface area contributed by atoms with E-state index in [9.17, 15) is 8.42 Å². The van der Waals surface area contributed by atoms with E-state index in [1.807, 2.05) is 13.8 Å². The van der Waals surface area contributed by atoms with Gasteiger partial charge in [0.25, 0.3) is 0 Å². The molecule has 1 rings (SSSR count). The first-order chi connectivity index (χ1) is 7.39. The average Bonchev–Trinajstić information content (AvgIpc) is 2.14. The standard InChI is InChI=1S/C9H14ClN3O2S/c1-7(2)3-4-16(14,15)13-9-5-8(10)11-6-12-9/h5-7H,3-4H2,1-2H3,(H,11,12,13). The maximum absolute atomic E-state index is 11.6. The highest BCUT2D eigenvalue weighted by Gasteiger charge is 2.12. The highest BCUT2D eigenvalue weighted by atomic mass is 35.5. The van der Waals surface area contributed by atoms with Gasteiger partial charge in [0.1, 0.15) is 17.3 Å². The number of hydrogen-bond acceptors (Lipinski definition) is 4. The summed E-state index contributed by atoms with van der Waals surface area (Å²) in [6.45, 7) is 3.94. The number of anilines is 1. The summed E-state index contributed by atoms with van der Waals surface area (Å²) in [7, 11) is -3.35. The third kappa shape index (κ3) is 4.76. The maximum Gasteiger partial charge on any atom is 0.233 e. The van der Waals surface area contributed by atoms with Crippen LogP contribution in [0, 0.1) is 5.92 Å². The molecular weight excluding hydrogens is 250 g/mol. The normalized spacial score (nSPS) is 11.8. The zero-order valence-electron chi connectivity index (χ0n) is 9.14. The summed E-state index contributed by atoms with van der Waals surface area (Å²) in [5.74, 6) is 0.612. The Hall–Kier alpha value is -0.880. The molecule has 0 spiro atoms. The Morgan fingerprint density at radius 3 is 2.69 bits per heavy atom. The zero-order valence-corrected chi connectivity index (χ0v) is 10.7. The molecule has 1 aromatic rings. The quantitative estimate of drug-likeness (QED) is 0.824. The molecule has 0 saturated carbocycles. The molecule has 1 heterocycles. The van der Waals surface area contributed by atoms with Crippen LogP contribution in [0.2, 0.25) is 5.15 Å². The van der Waals surface area contributed by atoms with Gasteiger partial charge in [-0.15, -0.1) is 0 Å². The summed E-state index contributed by atoms with van der Waals surface area (Å²) in [6, 6.07) is 1.37. The largest absolute Gasteiger partial charge is 0.267 e. The Labute approximate surface area is 100 Å². The van der Waals surface area contributed by atoms with Gasteiger partial charge < -0.3 is 0 Å². The van der Waals surface area contributed by atoms with Gasteiger partial charge in [0.2, 0.25) is 10.0 Å². The fraction of sp³-hybridized carbons (Fsp3) is 0.556. The zero-order chi connectivity index (χ0) is 12.2. The lowest BCUT2D eigenvalue weighted by molar-refractivity contribution is 0.578. The lowest BCUT2D eigenvalue weighted by atomic mass is 10.2. The number of hydrogen-bond donors (Lipinski definition) is 1. The van der Waals surface area contributed by atoms with Crippen molar-refractivity contribution in [3.8, 4) is 0 Å². The van der Waals surface area contributed by atoms with Crippen molar-refractivity contribution in [3.05, 3.63) is 17.5 Å². The van der Waals surface area contributed by atoms with Gasteiger partial charge in [-0.25, -0.2) is 18.4 Å². The second kappa shape index (κ2) is 5.45. The smallest absolute Gasteiger partial charge is 0.233 e. The molecule has 5 nitrogen and oxygen atoms in total. The van der Waals surface area contributed by atoms with Crippen molar-refractivity contribution in [2.75, 3.05) is 10.5 Å². The number of sulfonamides is 1. The third-order valence-electron chi connectivity index (χ3n) is 1.86. The van der Waals surface area contributed by atoms with Crippen LogP contribution in [0.3, 0.4) is 0 Å². The summed E-state index contributed by atoms with van der Waals surface area (Å²) in [4.78, 5) is 7.43. The summed E-state index contributed by atoms with van der Waals surface area (Å²) in [5, 5.41) is 0.205. The molecule has 0 radical (unpaired) electrons. The Balaban J connectivity index is 2.66. The van der Waals surface area contributed by atoms with E-state index in [1.54, 1.807) is 0 Å². The van der Waals surface area contributed by atoms with Gasteiger partial charge in [-0.2, -0.15) is 0 Å². The van der Waals surface area contributed by atoms with Gasteiger partial charge in [0.05, 0.1) is 5.75 Å². The van der Waals surface area contributed by atoms with E-state index in [-0.39, 0.29) is 16.7 Å². The summed E-state index contributed by atoms with van der Waals surface area (Å²) >= 11 is 5.62. The Morgan fingerprint density at radius 2 is 2.12 bits per heavy atom. The van der Waals surface area contributed by atoms with Gasteiger partial charge in [-0.3, -0.25) is 4.72 Å². The van der Waals surface area contributed by atoms with E-state index in [0.29, 0.717) is 12.3 Å². The van der Waals surface area contributed by atoms with Crippen LogP contribution >= 0.6 is 11.6 Å². The highest BCUT2D eigenvalue weighted by molar-refractivity contribution is 7.92. The number of nitrogens with zero attached hydrogens (tertiary/aromatic N) is 2. The Morgan fingerprint density at radius 1 is 1.44 bits per heavy atom. The minimum absolute atomic E-state index is 0.0757. The molecule has 0 atom stereocenters. The molecule has 0 saturated heterocycles. The van der Waals surface area contributed by atoms with Crippen LogP contribution in [0.1, 0.15) is 20.3 Å². The SMILES string of the molecule is CC(C)CCS(=O)(=O)Nc1cc(Cl)ncn1. The maximum atomic E-state index is 11.6. The second-order valence-electron chi connectivity index (χ2n) is 3.83. The van der Waals surface area contributed by atoms with E-state index in [1.165, 1.54) is 12.4 Å². The van der Waals surface area contributed by atoms with Crippen LogP contribution < -0.4 is 4.72 Å². The van der Waals surface area contributed by atoms with E-state index >= 15 is 0 Å². The predicted molar refractivity (Wildman–Crippen MR) is 63.9 cm³/mol. The Kier molecular flexibility index (Phi) is 4.49.